The van der Waals surface area contributed by atoms with E-state index in [0.29, 0.717) is 12.1 Å². The molecule has 0 unspecified atom stereocenters. The molecular weight excluding hydrogens is 460 g/mol. The van der Waals surface area contributed by atoms with Crippen LogP contribution in [0.15, 0.2) is 12.4 Å². The summed E-state index contributed by atoms with van der Waals surface area (Å²) in [7, 11) is 0. The fraction of sp³-hybridized carbons (Fsp3) is 0.944. The Bertz CT molecular complexity index is 460. The molecule has 2 nitrogen and oxygen atoms in total. The van der Waals surface area contributed by atoms with Gasteiger partial charge in [0.2, 0.25) is 0 Å². The van der Waals surface area contributed by atoms with Gasteiger partial charge in [0.05, 0.1) is 0 Å². The predicted molar refractivity (Wildman–Crippen MR) is 173 cm³/mol. The van der Waals surface area contributed by atoms with E-state index in [-0.39, 0.29) is 0 Å². The van der Waals surface area contributed by atoms with Crippen LogP contribution in [0.3, 0.4) is 0 Å². The third kappa shape index (κ3) is 19.4. The highest BCUT2D eigenvalue weighted by molar-refractivity contribution is 4.98. The van der Waals surface area contributed by atoms with E-state index in [4.69, 9.17) is 0 Å². The Morgan fingerprint density at radius 3 is 0.868 bits per heavy atom. The summed E-state index contributed by atoms with van der Waals surface area (Å²) in [6.07, 6.45) is 42.8. The van der Waals surface area contributed by atoms with Gasteiger partial charge in [-0.1, -0.05) is 182 Å². The summed E-state index contributed by atoms with van der Waals surface area (Å²) >= 11 is 0. The van der Waals surface area contributed by atoms with E-state index in [1.54, 1.807) is 0 Å². The Labute approximate surface area is 241 Å². The summed E-state index contributed by atoms with van der Waals surface area (Å²) in [5, 5.41) is 0. The molecule has 0 aromatic rings. The van der Waals surface area contributed by atoms with Gasteiger partial charge < -0.3 is 9.80 Å². The number of unbranched alkanes of at least 4 members (excludes halogenated alkanes) is 24. The maximum atomic E-state index is 2.64. The molecule has 0 saturated carbocycles. The molecule has 0 fully saturated rings. The molecule has 0 atom stereocenters. The average Bonchev–Trinajstić information content (AvgIpc) is 3.32. The minimum Gasteiger partial charge on any atom is -0.356 e. The van der Waals surface area contributed by atoms with Crippen LogP contribution in [0.4, 0.5) is 0 Å². The fourth-order valence-corrected chi connectivity index (χ4v) is 6.34. The third-order valence-electron chi connectivity index (χ3n) is 8.77. The van der Waals surface area contributed by atoms with E-state index in [9.17, 15) is 0 Å². The van der Waals surface area contributed by atoms with Crippen molar-refractivity contribution in [3.63, 3.8) is 0 Å². The van der Waals surface area contributed by atoms with Crippen molar-refractivity contribution in [1.29, 1.82) is 0 Å². The van der Waals surface area contributed by atoms with Crippen molar-refractivity contribution in [2.45, 2.75) is 201 Å². The molecule has 0 aromatic carbocycles. The zero-order chi connectivity index (χ0) is 27.5. The maximum absolute atomic E-state index is 2.64. The van der Waals surface area contributed by atoms with E-state index in [1.807, 2.05) is 0 Å². The first-order valence-corrected chi connectivity index (χ1v) is 17.9. The summed E-state index contributed by atoms with van der Waals surface area (Å²) in [6.45, 7) is 11.9. The van der Waals surface area contributed by atoms with Crippen LogP contribution in [-0.2, 0) is 0 Å². The first-order valence-electron chi connectivity index (χ1n) is 17.9. The molecule has 1 rings (SSSR count). The molecule has 226 valence electrons. The summed E-state index contributed by atoms with van der Waals surface area (Å²) < 4.78 is 0. The smallest absolute Gasteiger partial charge is 0.103 e. The van der Waals surface area contributed by atoms with Crippen molar-refractivity contribution in [2.75, 3.05) is 13.1 Å². The van der Waals surface area contributed by atoms with Crippen LogP contribution in [0.2, 0.25) is 0 Å². The minimum atomic E-state index is 0.588. The molecule has 0 aromatic heterocycles. The van der Waals surface area contributed by atoms with Crippen LogP contribution < -0.4 is 0 Å². The summed E-state index contributed by atoms with van der Waals surface area (Å²) in [5.74, 6) is 0.689. The van der Waals surface area contributed by atoms with Gasteiger partial charge in [0.15, 0.2) is 0 Å². The van der Waals surface area contributed by atoms with E-state index in [0.717, 1.165) is 0 Å². The lowest BCUT2D eigenvalue weighted by Gasteiger charge is -2.36. The van der Waals surface area contributed by atoms with Gasteiger partial charge in [-0.3, -0.25) is 0 Å². The Morgan fingerprint density at radius 1 is 0.395 bits per heavy atom. The molecule has 0 N–H and O–H groups in total. The second kappa shape index (κ2) is 26.6. The van der Waals surface area contributed by atoms with E-state index < -0.39 is 0 Å². The van der Waals surface area contributed by atoms with Gasteiger partial charge in [0, 0.05) is 25.5 Å². The molecule has 0 radical (unpaired) electrons. The normalized spacial score (nSPS) is 14.0. The van der Waals surface area contributed by atoms with Crippen LogP contribution in [-0.4, -0.2) is 29.1 Å². The highest BCUT2D eigenvalue weighted by Gasteiger charge is 2.28. The number of hydrogen-bond acceptors (Lipinski definition) is 2. The van der Waals surface area contributed by atoms with Gasteiger partial charge in [-0.05, 0) is 18.8 Å². The molecular formula is C36H72N2. The molecule has 38 heavy (non-hydrogen) atoms. The zero-order valence-electron chi connectivity index (χ0n) is 27.0. The summed E-state index contributed by atoms with van der Waals surface area (Å²) in [4.78, 5) is 5.29. The Morgan fingerprint density at radius 2 is 0.632 bits per heavy atom. The first-order chi connectivity index (χ1) is 18.7. The summed E-state index contributed by atoms with van der Waals surface area (Å²) in [6, 6.07) is 0. The number of rotatable bonds is 29. The lowest BCUT2D eigenvalue weighted by atomic mass is 10.0. The largest absolute Gasteiger partial charge is 0.356 e. The number of hydrogen-bond donors (Lipinski definition) is 0. The van der Waals surface area contributed by atoms with Crippen molar-refractivity contribution in [2.24, 2.45) is 5.92 Å². The minimum absolute atomic E-state index is 0.588. The van der Waals surface area contributed by atoms with Gasteiger partial charge in [0.1, 0.15) is 6.17 Å². The summed E-state index contributed by atoms with van der Waals surface area (Å²) in [5.41, 5.74) is 0. The van der Waals surface area contributed by atoms with Crippen LogP contribution in [0, 0.1) is 5.92 Å². The van der Waals surface area contributed by atoms with Crippen LogP contribution in [0.25, 0.3) is 0 Å². The van der Waals surface area contributed by atoms with Crippen LogP contribution >= 0.6 is 0 Å². The number of nitrogens with zero attached hydrogens (tertiary/aromatic N) is 2. The second-order valence-corrected chi connectivity index (χ2v) is 12.9. The lowest BCUT2D eigenvalue weighted by Crippen LogP contribution is -2.43. The highest BCUT2D eigenvalue weighted by atomic mass is 15.4. The van der Waals surface area contributed by atoms with E-state index in [2.05, 4.69) is 49.9 Å². The van der Waals surface area contributed by atoms with Gasteiger partial charge in [-0.2, -0.15) is 0 Å². The van der Waals surface area contributed by atoms with E-state index in [1.165, 1.54) is 180 Å². The quantitative estimate of drug-likeness (QED) is 0.0884. The topological polar surface area (TPSA) is 6.48 Å². The second-order valence-electron chi connectivity index (χ2n) is 12.9. The predicted octanol–water partition coefficient (Wildman–Crippen LogP) is 12.2. The molecule has 1 heterocycles. The lowest BCUT2D eigenvalue weighted by molar-refractivity contribution is 0.104. The van der Waals surface area contributed by atoms with Gasteiger partial charge in [-0.15, -0.1) is 0 Å². The molecule has 0 amide bonds. The average molecular weight is 533 g/mol. The maximum Gasteiger partial charge on any atom is 0.103 e. The molecule has 1 aliphatic rings. The first kappa shape index (κ1) is 35.4. The van der Waals surface area contributed by atoms with Crippen molar-refractivity contribution in [1.82, 2.24) is 9.80 Å². The Kier molecular flexibility index (Phi) is 24.7. The van der Waals surface area contributed by atoms with Crippen molar-refractivity contribution in [3.05, 3.63) is 12.4 Å². The molecule has 0 saturated heterocycles. The van der Waals surface area contributed by atoms with Crippen molar-refractivity contribution < 1.29 is 0 Å². The monoisotopic (exact) mass is 533 g/mol. The Hall–Kier alpha value is -0.660. The van der Waals surface area contributed by atoms with Crippen LogP contribution in [0.1, 0.15) is 195 Å². The SMILES string of the molecule is CCCCCCCCCCCCCCCN1C=CN(CCCCCCCCCCCCCCC)C1C(C)C. The molecule has 0 bridgehead atoms. The third-order valence-corrected chi connectivity index (χ3v) is 8.77. The van der Waals surface area contributed by atoms with Gasteiger partial charge in [0.25, 0.3) is 0 Å². The van der Waals surface area contributed by atoms with Gasteiger partial charge in [-0.25, -0.2) is 0 Å². The van der Waals surface area contributed by atoms with Gasteiger partial charge >= 0.3 is 0 Å². The molecule has 1 aliphatic heterocycles. The standard InChI is InChI=1S/C36H72N2/c1-5-7-9-11-13-15-17-19-21-23-25-27-29-31-37-33-34-38(36(37)35(3)4)32-30-28-26-24-22-20-18-16-14-12-10-8-6-2/h33-36H,5-32H2,1-4H3. The highest BCUT2D eigenvalue weighted by Crippen LogP contribution is 2.24. The molecule has 2 heteroatoms. The Balaban J connectivity index is 1.97. The van der Waals surface area contributed by atoms with Crippen molar-refractivity contribution >= 4 is 0 Å². The van der Waals surface area contributed by atoms with Crippen molar-refractivity contribution in [3.8, 4) is 0 Å². The fourth-order valence-electron chi connectivity index (χ4n) is 6.34. The molecule has 0 aliphatic carbocycles. The molecule has 0 spiro atoms. The van der Waals surface area contributed by atoms with E-state index >= 15 is 0 Å². The zero-order valence-corrected chi connectivity index (χ0v) is 27.0. The van der Waals surface area contributed by atoms with Crippen LogP contribution in [0.5, 0.6) is 0 Å².